The maximum Gasteiger partial charge on any atom is 0.326 e. The van der Waals surface area contributed by atoms with Gasteiger partial charge in [-0.25, -0.2) is 4.79 Å². The summed E-state index contributed by atoms with van der Waals surface area (Å²) in [5.41, 5.74) is 1.41. The predicted molar refractivity (Wildman–Crippen MR) is 152 cm³/mol. The van der Waals surface area contributed by atoms with Gasteiger partial charge in [0, 0.05) is 18.8 Å². The molecule has 0 spiro atoms. The Labute approximate surface area is 230 Å². The van der Waals surface area contributed by atoms with Crippen LogP contribution in [0, 0.1) is 12.3 Å². The molecule has 1 aliphatic rings. The van der Waals surface area contributed by atoms with Crippen LogP contribution in [0.15, 0.2) is 48.5 Å². The number of ether oxygens (including phenoxy) is 1. The number of benzene rings is 2. The van der Waals surface area contributed by atoms with Crippen molar-refractivity contribution >= 4 is 35.2 Å². The molecule has 0 unspecified atom stereocenters. The van der Waals surface area contributed by atoms with Crippen molar-refractivity contribution in [3.05, 3.63) is 59.7 Å². The predicted octanol–water partition coefficient (Wildman–Crippen LogP) is 4.75. The summed E-state index contributed by atoms with van der Waals surface area (Å²) in [7, 11) is 0. The van der Waals surface area contributed by atoms with Gasteiger partial charge in [0.05, 0.1) is 17.8 Å². The van der Waals surface area contributed by atoms with Crippen molar-refractivity contribution in [1.29, 1.82) is 0 Å². The summed E-state index contributed by atoms with van der Waals surface area (Å²) < 4.78 is 5.47. The number of para-hydroxylation sites is 1. The van der Waals surface area contributed by atoms with E-state index in [9.17, 15) is 19.2 Å². The normalized spacial score (nSPS) is 14.8. The third-order valence-corrected chi connectivity index (χ3v) is 6.30. The van der Waals surface area contributed by atoms with E-state index in [0.29, 0.717) is 30.0 Å². The molecule has 1 aliphatic heterocycles. The average Bonchev–Trinajstić information content (AvgIpc) is 2.84. The monoisotopic (exact) mass is 536 g/mol. The first-order valence-corrected chi connectivity index (χ1v) is 13.3. The Morgan fingerprint density at radius 1 is 1.05 bits per heavy atom. The molecule has 2 aromatic rings. The van der Waals surface area contributed by atoms with Gasteiger partial charge in [-0.2, -0.15) is 0 Å². The number of nitrogens with one attached hydrogen (secondary N) is 2. The smallest absolute Gasteiger partial charge is 0.326 e. The molecule has 0 saturated carbocycles. The molecule has 0 atom stereocenters. The molecule has 1 fully saturated rings. The zero-order valence-electron chi connectivity index (χ0n) is 23.8. The Morgan fingerprint density at radius 2 is 1.77 bits per heavy atom. The SMILES string of the molecule is Cc1cccc(NC(=O)NCC(=O)N(CC(=O)OC(C)(C)C)c2ccccc2C(=O)N2CCCC(C)(C)C2)c1. The molecule has 2 N–H and O–H groups in total. The fraction of sp³-hybridized carbons (Fsp3) is 0.467. The number of hydrogen-bond acceptors (Lipinski definition) is 5. The van der Waals surface area contributed by atoms with Crippen molar-refractivity contribution in [3.63, 3.8) is 0 Å². The van der Waals surface area contributed by atoms with Crippen LogP contribution in [0.4, 0.5) is 16.2 Å². The van der Waals surface area contributed by atoms with E-state index in [0.717, 1.165) is 18.4 Å². The van der Waals surface area contributed by atoms with E-state index in [4.69, 9.17) is 4.74 Å². The van der Waals surface area contributed by atoms with Crippen LogP contribution >= 0.6 is 0 Å². The zero-order chi connectivity index (χ0) is 28.8. The summed E-state index contributed by atoms with van der Waals surface area (Å²) in [6, 6.07) is 13.4. The first-order valence-electron chi connectivity index (χ1n) is 13.3. The number of carbonyl (C=O) groups excluding carboxylic acids is 4. The Balaban J connectivity index is 1.83. The number of rotatable bonds is 7. The number of piperidine rings is 1. The molecule has 1 heterocycles. The molecule has 9 heteroatoms. The quantitative estimate of drug-likeness (QED) is 0.497. The Kier molecular flexibility index (Phi) is 9.37. The Hall–Kier alpha value is -3.88. The summed E-state index contributed by atoms with van der Waals surface area (Å²) in [6.45, 7) is 11.8. The maximum absolute atomic E-state index is 13.6. The highest BCUT2D eigenvalue weighted by Crippen LogP contribution is 2.31. The van der Waals surface area contributed by atoms with Crippen molar-refractivity contribution < 1.29 is 23.9 Å². The van der Waals surface area contributed by atoms with Crippen LogP contribution in [-0.4, -0.2) is 60.5 Å². The lowest BCUT2D eigenvalue weighted by molar-refractivity contribution is -0.153. The van der Waals surface area contributed by atoms with E-state index >= 15 is 0 Å². The van der Waals surface area contributed by atoms with E-state index in [1.165, 1.54) is 4.90 Å². The fourth-order valence-corrected chi connectivity index (χ4v) is 4.62. The van der Waals surface area contributed by atoms with Crippen molar-refractivity contribution in [2.24, 2.45) is 5.41 Å². The fourth-order valence-electron chi connectivity index (χ4n) is 4.62. The Morgan fingerprint density at radius 3 is 2.44 bits per heavy atom. The van der Waals surface area contributed by atoms with E-state index in [1.807, 2.05) is 19.1 Å². The first kappa shape index (κ1) is 29.7. The minimum Gasteiger partial charge on any atom is -0.459 e. The molecule has 1 saturated heterocycles. The molecule has 0 bridgehead atoms. The van der Waals surface area contributed by atoms with Gasteiger partial charge >= 0.3 is 12.0 Å². The summed E-state index contributed by atoms with van der Waals surface area (Å²) in [5, 5.41) is 5.25. The minimum atomic E-state index is -0.757. The number of esters is 1. The molecule has 210 valence electrons. The summed E-state index contributed by atoms with van der Waals surface area (Å²) in [4.78, 5) is 55.4. The van der Waals surface area contributed by atoms with Crippen LogP contribution in [0.5, 0.6) is 0 Å². The van der Waals surface area contributed by atoms with Gasteiger partial charge in [0.15, 0.2) is 0 Å². The average molecular weight is 537 g/mol. The first-order chi connectivity index (χ1) is 18.2. The highest BCUT2D eigenvalue weighted by Gasteiger charge is 2.32. The standard InChI is InChI=1S/C30H40N4O5/c1-21-11-9-12-22(17-21)32-28(38)31-18-25(35)34(19-26(36)39-29(2,3)4)24-14-8-7-13-23(24)27(37)33-16-10-15-30(5,6)20-33/h7-9,11-14,17H,10,15-16,18-20H2,1-6H3,(H2,31,32,38). The van der Waals surface area contributed by atoms with Crippen LogP contribution in [0.25, 0.3) is 0 Å². The van der Waals surface area contributed by atoms with E-state index in [-0.39, 0.29) is 17.9 Å². The largest absolute Gasteiger partial charge is 0.459 e. The Bertz CT molecular complexity index is 1220. The molecule has 0 radical (unpaired) electrons. The second-order valence-corrected chi connectivity index (χ2v) is 11.8. The second kappa shape index (κ2) is 12.3. The van der Waals surface area contributed by atoms with Crippen LogP contribution in [0.2, 0.25) is 0 Å². The number of carbonyl (C=O) groups is 4. The third kappa shape index (κ3) is 8.84. The summed E-state index contributed by atoms with van der Waals surface area (Å²) >= 11 is 0. The number of urea groups is 1. The zero-order valence-corrected chi connectivity index (χ0v) is 23.8. The number of anilines is 2. The van der Waals surface area contributed by atoms with Crippen LogP contribution in [-0.2, 0) is 14.3 Å². The van der Waals surface area contributed by atoms with Crippen LogP contribution in [0.3, 0.4) is 0 Å². The van der Waals surface area contributed by atoms with Crippen molar-refractivity contribution in [3.8, 4) is 0 Å². The number of likely N-dealkylation sites (tertiary alicyclic amines) is 1. The third-order valence-electron chi connectivity index (χ3n) is 6.30. The van der Waals surface area contributed by atoms with Crippen LogP contribution < -0.4 is 15.5 Å². The molecule has 0 aromatic heterocycles. The van der Waals surface area contributed by atoms with Gasteiger partial charge in [-0.1, -0.05) is 38.1 Å². The van der Waals surface area contributed by atoms with E-state index in [2.05, 4.69) is 24.5 Å². The van der Waals surface area contributed by atoms with Gasteiger partial charge in [-0.3, -0.25) is 19.3 Å². The highest BCUT2D eigenvalue weighted by molar-refractivity contribution is 6.07. The number of nitrogens with zero attached hydrogens (tertiary/aromatic N) is 2. The maximum atomic E-state index is 13.6. The van der Waals surface area contributed by atoms with Crippen molar-refractivity contribution in [2.75, 3.05) is 36.4 Å². The number of hydrogen-bond donors (Lipinski definition) is 2. The lowest BCUT2D eigenvalue weighted by Crippen LogP contribution is -2.47. The molecule has 39 heavy (non-hydrogen) atoms. The topological polar surface area (TPSA) is 108 Å². The molecule has 4 amide bonds. The molecule has 2 aromatic carbocycles. The van der Waals surface area contributed by atoms with Gasteiger partial charge in [-0.15, -0.1) is 0 Å². The van der Waals surface area contributed by atoms with E-state index < -0.39 is 30.1 Å². The van der Waals surface area contributed by atoms with Crippen molar-refractivity contribution in [1.82, 2.24) is 10.2 Å². The van der Waals surface area contributed by atoms with Gasteiger partial charge in [-0.05, 0) is 75.8 Å². The summed E-state index contributed by atoms with van der Waals surface area (Å²) in [6.07, 6.45) is 1.92. The molecular weight excluding hydrogens is 496 g/mol. The number of amides is 4. The van der Waals surface area contributed by atoms with Gasteiger partial charge < -0.3 is 20.3 Å². The van der Waals surface area contributed by atoms with E-state index in [1.54, 1.807) is 62.1 Å². The lowest BCUT2D eigenvalue weighted by atomic mass is 9.84. The summed E-state index contributed by atoms with van der Waals surface area (Å²) in [5.74, 6) is -1.38. The van der Waals surface area contributed by atoms with Crippen LogP contribution in [0.1, 0.15) is 63.4 Å². The molecule has 0 aliphatic carbocycles. The van der Waals surface area contributed by atoms with Gasteiger partial charge in [0.2, 0.25) is 5.91 Å². The van der Waals surface area contributed by atoms with Gasteiger partial charge in [0.25, 0.3) is 5.91 Å². The highest BCUT2D eigenvalue weighted by atomic mass is 16.6. The molecular formula is C30H40N4O5. The van der Waals surface area contributed by atoms with Gasteiger partial charge in [0.1, 0.15) is 12.1 Å². The lowest BCUT2D eigenvalue weighted by Gasteiger charge is -2.38. The second-order valence-electron chi connectivity index (χ2n) is 11.8. The minimum absolute atomic E-state index is 0.0105. The number of aryl methyl sites for hydroxylation is 1. The van der Waals surface area contributed by atoms with Crippen molar-refractivity contribution in [2.45, 2.75) is 60.0 Å². The molecule has 9 nitrogen and oxygen atoms in total. The molecule has 3 rings (SSSR count).